The molecule has 9 aromatic carbocycles. The van der Waals surface area contributed by atoms with Crippen molar-refractivity contribution in [2.75, 3.05) is 0 Å². The van der Waals surface area contributed by atoms with Gasteiger partial charge in [0.2, 0.25) is 0 Å². The average molecular weight is 728 g/mol. The van der Waals surface area contributed by atoms with Gasteiger partial charge in [-0.2, -0.15) is 0 Å². The molecule has 0 saturated carbocycles. The molecule has 0 atom stereocenters. The van der Waals surface area contributed by atoms with Crippen molar-refractivity contribution in [2.24, 2.45) is 0 Å². The summed E-state index contributed by atoms with van der Waals surface area (Å²) in [5, 5.41) is 7.03. The summed E-state index contributed by atoms with van der Waals surface area (Å²) in [4.78, 5) is 15.2. The van der Waals surface area contributed by atoms with Crippen molar-refractivity contribution in [3.05, 3.63) is 200 Å². The van der Waals surface area contributed by atoms with E-state index in [0.717, 1.165) is 60.9 Å². The summed E-state index contributed by atoms with van der Waals surface area (Å²) in [7, 11) is 0. The zero-order valence-electron chi connectivity index (χ0n) is 30.8. The van der Waals surface area contributed by atoms with Gasteiger partial charge in [-0.15, -0.1) is 0 Å². The summed E-state index contributed by atoms with van der Waals surface area (Å²) >= 11 is 0. The maximum absolute atomic E-state index is 6.47. The molecule has 0 radical (unpaired) electrons. The highest BCUT2D eigenvalue weighted by molar-refractivity contribution is 6.14. The van der Waals surface area contributed by atoms with Crippen LogP contribution < -0.4 is 0 Å². The zero-order valence-corrected chi connectivity index (χ0v) is 30.8. The van der Waals surface area contributed by atoms with E-state index in [2.05, 4.69) is 152 Å². The fraction of sp³-hybridized carbons (Fsp3) is 0. The second-order valence-corrected chi connectivity index (χ2v) is 14.4. The van der Waals surface area contributed by atoms with Crippen LogP contribution >= 0.6 is 0 Å². The first-order valence-electron chi connectivity index (χ1n) is 19.2. The molecule has 0 amide bonds. The van der Waals surface area contributed by atoms with Gasteiger partial charge in [0.25, 0.3) is 0 Å². The lowest BCUT2D eigenvalue weighted by molar-refractivity contribution is 0.669. The maximum Gasteiger partial charge on any atom is 0.164 e. The van der Waals surface area contributed by atoms with Crippen LogP contribution in [0.5, 0.6) is 0 Å². The summed E-state index contributed by atoms with van der Waals surface area (Å²) in [6, 6.07) is 70.0. The molecule has 57 heavy (non-hydrogen) atoms. The Morgan fingerprint density at radius 1 is 0.281 bits per heavy atom. The molecule has 2 aromatic heterocycles. The Labute approximate surface area is 329 Å². The van der Waals surface area contributed by atoms with E-state index >= 15 is 0 Å². The summed E-state index contributed by atoms with van der Waals surface area (Å²) in [5.74, 6) is 1.83. The van der Waals surface area contributed by atoms with Gasteiger partial charge >= 0.3 is 0 Å². The van der Waals surface area contributed by atoms with Gasteiger partial charge in [0.1, 0.15) is 11.2 Å². The fourth-order valence-corrected chi connectivity index (χ4v) is 8.11. The lowest BCUT2D eigenvalue weighted by Gasteiger charge is -2.12. The molecule has 0 spiro atoms. The van der Waals surface area contributed by atoms with E-state index in [9.17, 15) is 0 Å². The monoisotopic (exact) mass is 727 g/mol. The third-order valence-electron chi connectivity index (χ3n) is 11.0. The maximum atomic E-state index is 6.47. The van der Waals surface area contributed by atoms with Gasteiger partial charge in [-0.25, -0.2) is 15.0 Å². The van der Waals surface area contributed by atoms with Gasteiger partial charge in [-0.3, -0.25) is 0 Å². The van der Waals surface area contributed by atoms with Crippen molar-refractivity contribution in [3.63, 3.8) is 0 Å². The molecule has 266 valence electrons. The van der Waals surface area contributed by atoms with E-state index in [1.54, 1.807) is 0 Å². The van der Waals surface area contributed by atoms with Crippen molar-refractivity contribution >= 4 is 43.5 Å². The highest BCUT2D eigenvalue weighted by atomic mass is 16.3. The van der Waals surface area contributed by atoms with Crippen LogP contribution in [-0.2, 0) is 0 Å². The minimum Gasteiger partial charge on any atom is -0.456 e. The molecule has 4 nitrogen and oxygen atoms in total. The molecule has 2 heterocycles. The summed E-state index contributed by atoms with van der Waals surface area (Å²) in [6.45, 7) is 0. The molecule has 11 rings (SSSR count). The summed E-state index contributed by atoms with van der Waals surface area (Å²) < 4.78 is 6.47. The molecular weight excluding hydrogens is 695 g/mol. The average Bonchev–Trinajstić information content (AvgIpc) is 3.68. The van der Waals surface area contributed by atoms with Crippen LogP contribution in [0.3, 0.4) is 0 Å². The largest absolute Gasteiger partial charge is 0.456 e. The van der Waals surface area contributed by atoms with Crippen LogP contribution in [0, 0.1) is 0 Å². The van der Waals surface area contributed by atoms with Crippen molar-refractivity contribution < 1.29 is 4.42 Å². The Hall–Kier alpha value is -7.69. The molecular formula is C53H33N3O. The molecule has 0 aliphatic heterocycles. The van der Waals surface area contributed by atoms with Gasteiger partial charge in [-0.05, 0) is 79.2 Å². The Bertz CT molecular complexity index is 3260. The SMILES string of the molecule is c1ccc(-c2ccc(-c3nc(-c4ccccc4)nc(-c4cccc5oc6ccc(-c7ccc(-c8cc9ccccc9c9ccccc89)cc7)cc6c45)n3)cc2)cc1. The van der Waals surface area contributed by atoms with Crippen LogP contribution in [0.4, 0.5) is 0 Å². The number of nitrogens with zero attached hydrogens (tertiary/aromatic N) is 3. The number of furan rings is 1. The van der Waals surface area contributed by atoms with Crippen LogP contribution in [0.2, 0.25) is 0 Å². The number of benzene rings is 9. The Morgan fingerprint density at radius 2 is 0.807 bits per heavy atom. The molecule has 4 heteroatoms. The lowest BCUT2D eigenvalue weighted by Crippen LogP contribution is -2.00. The Morgan fingerprint density at radius 3 is 1.54 bits per heavy atom. The zero-order chi connectivity index (χ0) is 37.7. The second kappa shape index (κ2) is 13.6. The molecule has 0 N–H and O–H groups in total. The second-order valence-electron chi connectivity index (χ2n) is 14.4. The molecule has 0 aliphatic carbocycles. The first-order valence-corrected chi connectivity index (χ1v) is 19.2. The van der Waals surface area contributed by atoms with Crippen molar-refractivity contribution in [1.29, 1.82) is 0 Å². The summed E-state index contributed by atoms with van der Waals surface area (Å²) in [5.41, 5.74) is 11.3. The van der Waals surface area contributed by atoms with Gasteiger partial charge in [0.05, 0.1) is 0 Å². The third kappa shape index (κ3) is 5.83. The van der Waals surface area contributed by atoms with E-state index < -0.39 is 0 Å². The predicted molar refractivity (Wildman–Crippen MR) is 235 cm³/mol. The van der Waals surface area contributed by atoms with Crippen LogP contribution in [-0.4, -0.2) is 15.0 Å². The molecule has 0 unspecified atom stereocenters. The van der Waals surface area contributed by atoms with Gasteiger partial charge in [0, 0.05) is 27.5 Å². The standard InChI is InChI=1S/C53H33N3O/c1-3-12-34(13-4-1)35-24-28-39(29-25-35)52-54-51(38-14-5-2-6-15-38)55-53(56-52)45-20-11-21-49-50(45)47-32-40(30-31-48(47)57-49)36-22-26-37(27-23-36)46-33-41-16-7-8-17-42(41)43-18-9-10-19-44(43)46/h1-33H. The number of fused-ring (bicyclic) bond motifs is 6. The molecule has 0 fully saturated rings. The van der Waals surface area contributed by atoms with E-state index in [4.69, 9.17) is 19.4 Å². The quantitative estimate of drug-likeness (QED) is 0.160. The first kappa shape index (κ1) is 32.7. The number of hydrogen-bond donors (Lipinski definition) is 0. The van der Waals surface area contributed by atoms with Crippen molar-refractivity contribution in [2.45, 2.75) is 0 Å². The van der Waals surface area contributed by atoms with Crippen LogP contribution in [0.15, 0.2) is 205 Å². The van der Waals surface area contributed by atoms with Crippen molar-refractivity contribution in [3.8, 4) is 67.5 Å². The lowest BCUT2D eigenvalue weighted by atomic mass is 9.92. The Balaban J connectivity index is 1.02. The number of hydrogen-bond acceptors (Lipinski definition) is 4. The topological polar surface area (TPSA) is 51.8 Å². The number of rotatable bonds is 6. The number of aromatic nitrogens is 3. The normalized spacial score (nSPS) is 11.5. The van der Waals surface area contributed by atoms with Crippen molar-refractivity contribution in [1.82, 2.24) is 15.0 Å². The molecule has 0 aliphatic rings. The van der Waals surface area contributed by atoms with E-state index in [1.165, 1.54) is 32.7 Å². The van der Waals surface area contributed by atoms with Crippen LogP contribution in [0.1, 0.15) is 0 Å². The van der Waals surface area contributed by atoms with E-state index in [1.807, 2.05) is 48.5 Å². The summed E-state index contributed by atoms with van der Waals surface area (Å²) in [6.07, 6.45) is 0. The minimum absolute atomic E-state index is 0.594. The molecule has 0 bridgehead atoms. The Kier molecular flexibility index (Phi) is 7.78. The smallest absolute Gasteiger partial charge is 0.164 e. The first-order chi connectivity index (χ1) is 28.2. The molecule has 0 saturated heterocycles. The highest BCUT2D eigenvalue weighted by Crippen LogP contribution is 2.40. The molecule has 11 aromatic rings. The van der Waals surface area contributed by atoms with Gasteiger partial charge in [-0.1, -0.05) is 176 Å². The van der Waals surface area contributed by atoms with E-state index in [-0.39, 0.29) is 0 Å². The fourth-order valence-electron chi connectivity index (χ4n) is 8.11. The third-order valence-corrected chi connectivity index (χ3v) is 11.0. The van der Waals surface area contributed by atoms with Crippen LogP contribution in [0.25, 0.3) is 111 Å². The van der Waals surface area contributed by atoms with Gasteiger partial charge < -0.3 is 4.42 Å². The highest BCUT2D eigenvalue weighted by Gasteiger charge is 2.19. The van der Waals surface area contributed by atoms with Gasteiger partial charge in [0.15, 0.2) is 17.5 Å². The predicted octanol–water partition coefficient (Wildman–Crippen LogP) is 14.1. The van der Waals surface area contributed by atoms with E-state index in [0.29, 0.717) is 17.5 Å². The minimum atomic E-state index is 0.594.